The van der Waals surface area contributed by atoms with Gasteiger partial charge in [0.05, 0.1) is 5.41 Å². The molecule has 0 fully saturated rings. The second kappa shape index (κ2) is 5.48. The van der Waals surface area contributed by atoms with Crippen molar-refractivity contribution in [3.63, 3.8) is 0 Å². The Morgan fingerprint density at radius 2 is 2.06 bits per heavy atom. The van der Waals surface area contributed by atoms with E-state index in [1.165, 1.54) is 18.2 Å². The number of nitrogens with one attached hydrogen (secondary N) is 2. The number of primary amides is 1. The van der Waals surface area contributed by atoms with Crippen LogP contribution in [-0.4, -0.2) is 18.5 Å². The summed E-state index contributed by atoms with van der Waals surface area (Å²) in [6, 6.07) is 4.99. The van der Waals surface area contributed by atoms with Crippen LogP contribution in [-0.2, 0) is 4.79 Å². The number of carbonyl (C=O) groups excluding carboxylic acids is 2. The van der Waals surface area contributed by atoms with Crippen molar-refractivity contribution in [2.24, 2.45) is 11.1 Å². The van der Waals surface area contributed by atoms with E-state index >= 15 is 0 Å². The molecule has 18 heavy (non-hydrogen) atoms. The normalized spacial score (nSPS) is 10.8. The smallest absolute Gasteiger partial charge is 0.319 e. The lowest BCUT2D eigenvalue weighted by molar-refractivity contribution is -0.125. The minimum atomic E-state index is -0.834. The lowest BCUT2D eigenvalue weighted by Gasteiger charge is -2.20. The molecule has 4 N–H and O–H groups in total. The van der Waals surface area contributed by atoms with Gasteiger partial charge >= 0.3 is 6.03 Å². The topological polar surface area (TPSA) is 84.2 Å². The second-order valence-corrected chi connectivity index (χ2v) is 4.57. The monoisotopic (exact) mass is 253 g/mol. The Labute approximate surface area is 105 Å². The average molecular weight is 253 g/mol. The summed E-state index contributed by atoms with van der Waals surface area (Å²) in [4.78, 5) is 22.5. The number of hydrogen-bond acceptors (Lipinski definition) is 2. The molecule has 0 atom stereocenters. The van der Waals surface area contributed by atoms with Crippen molar-refractivity contribution < 1.29 is 14.0 Å². The third-order valence-electron chi connectivity index (χ3n) is 2.44. The molecule has 0 bridgehead atoms. The van der Waals surface area contributed by atoms with E-state index in [4.69, 9.17) is 5.73 Å². The lowest BCUT2D eigenvalue weighted by Crippen LogP contribution is -2.43. The van der Waals surface area contributed by atoms with Crippen molar-refractivity contribution in [3.8, 4) is 0 Å². The number of amides is 3. The van der Waals surface area contributed by atoms with Gasteiger partial charge in [0.25, 0.3) is 0 Å². The van der Waals surface area contributed by atoms with Gasteiger partial charge < -0.3 is 16.4 Å². The number of hydrogen-bond donors (Lipinski definition) is 3. The maximum absolute atomic E-state index is 12.9. The van der Waals surface area contributed by atoms with E-state index in [1.54, 1.807) is 19.9 Å². The molecule has 1 rings (SSSR count). The maximum atomic E-state index is 12.9. The molecule has 0 radical (unpaired) electrons. The van der Waals surface area contributed by atoms with Gasteiger partial charge in [-0.1, -0.05) is 6.07 Å². The maximum Gasteiger partial charge on any atom is 0.319 e. The first-order valence-corrected chi connectivity index (χ1v) is 5.41. The summed E-state index contributed by atoms with van der Waals surface area (Å²) < 4.78 is 12.9. The molecule has 0 aliphatic carbocycles. The van der Waals surface area contributed by atoms with E-state index in [2.05, 4.69) is 10.6 Å². The lowest BCUT2D eigenvalue weighted by atomic mass is 9.93. The number of urea groups is 1. The van der Waals surface area contributed by atoms with Gasteiger partial charge in [-0.3, -0.25) is 4.79 Å². The van der Waals surface area contributed by atoms with Crippen LogP contribution in [0.15, 0.2) is 24.3 Å². The van der Waals surface area contributed by atoms with Crippen molar-refractivity contribution in [1.82, 2.24) is 5.32 Å². The van der Waals surface area contributed by atoms with E-state index in [9.17, 15) is 14.0 Å². The molecule has 0 saturated heterocycles. The van der Waals surface area contributed by atoms with Gasteiger partial charge in [-0.25, -0.2) is 9.18 Å². The van der Waals surface area contributed by atoms with Gasteiger partial charge in [0, 0.05) is 12.2 Å². The first-order valence-electron chi connectivity index (χ1n) is 5.41. The van der Waals surface area contributed by atoms with Gasteiger partial charge in [-0.05, 0) is 32.0 Å². The highest BCUT2D eigenvalue weighted by molar-refractivity contribution is 5.90. The van der Waals surface area contributed by atoms with Crippen molar-refractivity contribution in [2.75, 3.05) is 11.9 Å². The standard InChI is InChI=1S/C12H16FN3O2/c1-12(2,10(14)17)7-15-11(18)16-9-5-3-4-8(13)6-9/h3-6H,7H2,1-2H3,(H2,14,17)(H2,15,16,18). The molecule has 98 valence electrons. The van der Waals surface area contributed by atoms with Crippen LogP contribution in [0.1, 0.15) is 13.8 Å². The first kappa shape index (κ1) is 14.0. The quantitative estimate of drug-likeness (QED) is 0.759. The Balaban J connectivity index is 2.50. The highest BCUT2D eigenvalue weighted by Gasteiger charge is 2.25. The molecule has 1 aromatic carbocycles. The van der Waals surface area contributed by atoms with Crippen LogP contribution in [0.25, 0.3) is 0 Å². The fourth-order valence-electron chi connectivity index (χ4n) is 1.13. The number of benzene rings is 1. The summed E-state index contributed by atoms with van der Waals surface area (Å²) in [5.41, 5.74) is 4.67. The molecule has 0 aromatic heterocycles. The summed E-state index contributed by atoms with van der Waals surface area (Å²) in [6.07, 6.45) is 0. The zero-order valence-electron chi connectivity index (χ0n) is 10.3. The van der Waals surface area contributed by atoms with Crippen molar-refractivity contribution in [2.45, 2.75) is 13.8 Å². The van der Waals surface area contributed by atoms with Crippen LogP contribution in [0.3, 0.4) is 0 Å². The highest BCUT2D eigenvalue weighted by atomic mass is 19.1. The fourth-order valence-corrected chi connectivity index (χ4v) is 1.13. The molecule has 0 spiro atoms. The number of halogens is 1. The van der Waals surface area contributed by atoms with Gasteiger partial charge in [0.15, 0.2) is 0 Å². The van der Waals surface area contributed by atoms with Crippen LogP contribution >= 0.6 is 0 Å². The molecule has 0 aliphatic heterocycles. The van der Waals surface area contributed by atoms with Crippen molar-refractivity contribution >= 4 is 17.6 Å². The van der Waals surface area contributed by atoms with E-state index in [-0.39, 0.29) is 6.54 Å². The third-order valence-corrected chi connectivity index (χ3v) is 2.44. The summed E-state index contributed by atoms with van der Waals surface area (Å²) in [5.74, 6) is -0.946. The molecule has 0 heterocycles. The number of nitrogens with two attached hydrogens (primary N) is 1. The summed E-state index contributed by atoms with van der Waals surface area (Å²) in [6.45, 7) is 3.35. The Bertz CT molecular complexity index is 460. The average Bonchev–Trinajstić information content (AvgIpc) is 2.26. The molecule has 6 heteroatoms. The van der Waals surface area contributed by atoms with E-state index in [0.29, 0.717) is 5.69 Å². The molecule has 0 aliphatic rings. The molecule has 1 aromatic rings. The van der Waals surface area contributed by atoms with Crippen LogP contribution in [0.4, 0.5) is 14.9 Å². The molecule has 3 amide bonds. The van der Waals surface area contributed by atoms with Crippen LogP contribution in [0.5, 0.6) is 0 Å². The van der Waals surface area contributed by atoms with E-state index < -0.39 is 23.2 Å². The molecule has 0 saturated carbocycles. The Morgan fingerprint density at radius 3 is 2.61 bits per heavy atom. The van der Waals surface area contributed by atoms with Crippen molar-refractivity contribution in [1.29, 1.82) is 0 Å². The molecule has 5 nitrogen and oxygen atoms in total. The zero-order chi connectivity index (χ0) is 13.8. The zero-order valence-corrected chi connectivity index (χ0v) is 10.3. The van der Waals surface area contributed by atoms with E-state index in [0.717, 1.165) is 0 Å². The Hall–Kier alpha value is -2.11. The Kier molecular flexibility index (Phi) is 4.25. The Morgan fingerprint density at radius 1 is 1.39 bits per heavy atom. The summed E-state index contributed by atoms with van der Waals surface area (Å²) in [7, 11) is 0. The predicted molar refractivity (Wildman–Crippen MR) is 66.4 cm³/mol. The van der Waals surface area contributed by atoms with Gasteiger partial charge in [-0.15, -0.1) is 0 Å². The minimum Gasteiger partial charge on any atom is -0.369 e. The predicted octanol–water partition coefficient (Wildman–Crippen LogP) is 1.46. The number of rotatable bonds is 4. The van der Waals surface area contributed by atoms with Crippen LogP contribution in [0.2, 0.25) is 0 Å². The fraction of sp³-hybridized carbons (Fsp3) is 0.333. The number of carbonyl (C=O) groups is 2. The first-order chi connectivity index (χ1) is 8.31. The van der Waals surface area contributed by atoms with Crippen molar-refractivity contribution in [3.05, 3.63) is 30.1 Å². The SMILES string of the molecule is CC(C)(CNC(=O)Nc1cccc(F)c1)C(N)=O. The van der Waals surface area contributed by atoms with Crippen LogP contribution < -0.4 is 16.4 Å². The summed E-state index contributed by atoms with van der Waals surface area (Å²) >= 11 is 0. The third kappa shape index (κ3) is 4.04. The molecular weight excluding hydrogens is 237 g/mol. The van der Waals surface area contributed by atoms with E-state index in [1.807, 2.05) is 0 Å². The highest BCUT2D eigenvalue weighted by Crippen LogP contribution is 2.12. The summed E-state index contributed by atoms with van der Waals surface area (Å²) in [5, 5.41) is 4.95. The largest absolute Gasteiger partial charge is 0.369 e. The molecular formula is C12H16FN3O2. The van der Waals surface area contributed by atoms with Crippen LogP contribution in [0, 0.1) is 11.2 Å². The van der Waals surface area contributed by atoms with Gasteiger partial charge in [0.1, 0.15) is 5.82 Å². The minimum absolute atomic E-state index is 0.101. The van der Waals surface area contributed by atoms with Gasteiger partial charge in [-0.2, -0.15) is 0 Å². The number of anilines is 1. The molecule has 0 unspecified atom stereocenters. The van der Waals surface area contributed by atoms with Gasteiger partial charge in [0.2, 0.25) is 5.91 Å². The second-order valence-electron chi connectivity index (χ2n) is 4.57.